The molecule has 18 heavy (non-hydrogen) atoms. The van der Waals surface area contributed by atoms with Crippen LogP contribution in [0, 0.1) is 0 Å². The van der Waals surface area contributed by atoms with Crippen molar-refractivity contribution in [1.82, 2.24) is 5.32 Å². The molecule has 0 saturated carbocycles. The lowest BCUT2D eigenvalue weighted by Crippen LogP contribution is -2.43. The Labute approximate surface area is 114 Å². The lowest BCUT2D eigenvalue weighted by Gasteiger charge is -2.27. The number of ether oxygens (including phenoxy) is 2. The average molecular weight is 259 g/mol. The highest BCUT2D eigenvalue weighted by Crippen LogP contribution is 2.12. The van der Waals surface area contributed by atoms with Gasteiger partial charge in [0, 0.05) is 13.2 Å². The Morgan fingerprint density at radius 3 is 1.94 bits per heavy atom. The molecule has 1 unspecified atom stereocenters. The third-order valence-corrected chi connectivity index (χ3v) is 3.08. The minimum absolute atomic E-state index is 0.0916. The van der Waals surface area contributed by atoms with E-state index < -0.39 is 0 Å². The Morgan fingerprint density at radius 1 is 0.833 bits per heavy atom. The van der Waals surface area contributed by atoms with Crippen LogP contribution in [0.2, 0.25) is 0 Å². The van der Waals surface area contributed by atoms with E-state index >= 15 is 0 Å². The van der Waals surface area contributed by atoms with Crippen LogP contribution < -0.4 is 5.32 Å². The number of rotatable bonds is 13. The first-order valence-electron chi connectivity index (χ1n) is 7.76. The van der Waals surface area contributed by atoms with Crippen molar-refractivity contribution >= 4 is 0 Å². The van der Waals surface area contributed by atoms with Crippen molar-refractivity contribution in [2.45, 2.75) is 78.6 Å². The molecule has 110 valence electrons. The first-order valence-corrected chi connectivity index (χ1v) is 7.76. The number of nitrogens with one attached hydrogen (secondary N) is 1. The van der Waals surface area contributed by atoms with Gasteiger partial charge in [-0.3, -0.25) is 0 Å². The molecule has 0 rings (SSSR count). The maximum absolute atomic E-state index is 5.69. The zero-order valence-electron chi connectivity index (χ0n) is 12.8. The molecule has 0 aromatic carbocycles. The molecule has 0 aromatic rings. The summed E-state index contributed by atoms with van der Waals surface area (Å²) in [5.41, 5.74) is 0. The minimum atomic E-state index is -0.0916. The fourth-order valence-electron chi connectivity index (χ4n) is 2.17. The summed E-state index contributed by atoms with van der Waals surface area (Å²) in [7, 11) is 0. The van der Waals surface area contributed by atoms with Crippen LogP contribution in [-0.4, -0.2) is 32.1 Å². The predicted octanol–water partition coefficient (Wildman–Crippen LogP) is 3.72. The zero-order chi connectivity index (χ0) is 13.6. The molecule has 3 nitrogen and oxygen atoms in total. The Hall–Kier alpha value is -0.120. The topological polar surface area (TPSA) is 30.5 Å². The zero-order valence-corrected chi connectivity index (χ0v) is 12.8. The highest BCUT2D eigenvalue weighted by molar-refractivity contribution is 4.70. The van der Waals surface area contributed by atoms with Crippen LogP contribution in [0.15, 0.2) is 0 Å². The van der Waals surface area contributed by atoms with E-state index in [9.17, 15) is 0 Å². The molecule has 1 N–H and O–H groups in total. The quantitative estimate of drug-likeness (QED) is 0.404. The summed E-state index contributed by atoms with van der Waals surface area (Å²) < 4.78 is 11.4. The lowest BCUT2D eigenvalue weighted by molar-refractivity contribution is -0.155. The molecular formula is C15H33NO2. The van der Waals surface area contributed by atoms with E-state index in [1.54, 1.807) is 0 Å². The second kappa shape index (κ2) is 13.3. The highest BCUT2D eigenvalue weighted by Gasteiger charge is 2.20. The monoisotopic (exact) mass is 259 g/mol. The Bertz CT molecular complexity index is 159. The van der Waals surface area contributed by atoms with Crippen molar-refractivity contribution in [1.29, 1.82) is 0 Å². The highest BCUT2D eigenvalue weighted by atomic mass is 16.7. The number of likely N-dealkylation sites (N-methyl/N-ethyl adjacent to an activating group) is 1. The van der Waals surface area contributed by atoms with Gasteiger partial charge in [0.05, 0.1) is 6.04 Å². The molecule has 0 saturated heterocycles. The summed E-state index contributed by atoms with van der Waals surface area (Å²) in [6, 6.07) is 0.330. The van der Waals surface area contributed by atoms with Gasteiger partial charge in [-0.2, -0.15) is 0 Å². The number of unbranched alkanes of at least 4 members (excludes halogenated alkanes) is 4. The standard InChI is InChI=1S/C15H33NO2/c1-5-9-10-11-12-13-14(16-6-2)15(17-7-3)18-8-4/h14-16H,5-13H2,1-4H3. The van der Waals surface area contributed by atoms with Gasteiger partial charge >= 0.3 is 0 Å². The third kappa shape index (κ3) is 8.90. The van der Waals surface area contributed by atoms with E-state index in [1.165, 1.54) is 32.1 Å². The maximum Gasteiger partial charge on any atom is 0.172 e. The first kappa shape index (κ1) is 17.9. The van der Waals surface area contributed by atoms with Crippen molar-refractivity contribution in [3.05, 3.63) is 0 Å². The Morgan fingerprint density at radius 2 is 1.44 bits per heavy atom. The summed E-state index contributed by atoms with van der Waals surface area (Å²) in [6.07, 6.45) is 7.63. The second-order valence-electron chi connectivity index (χ2n) is 4.65. The number of hydrogen-bond donors (Lipinski definition) is 1. The van der Waals surface area contributed by atoms with Crippen molar-refractivity contribution in [3.8, 4) is 0 Å². The number of hydrogen-bond acceptors (Lipinski definition) is 3. The fourth-order valence-corrected chi connectivity index (χ4v) is 2.17. The van der Waals surface area contributed by atoms with Crippen molar-refractivity contribution in [3.63, 3.8) is 0 Å². The summed E-state index contributed by atoms with van der Waals surface area (Å²) >= 11 is 0. The van der Waals surface area contributed by atoms with Crippen LogP contribution in [0.1, 0.15) is 66.2 Å². The third-order valence-electron chi connectivity index (χ3n) is 3.08. The summed E-state index contributed by atoms with van der Waals surface area (Å²) in [6.45, 7) is 10.8. The van der Waals surface area contributed by atoms with Gasteiger partial charge < -0.3 is 14.8 Å². The molecule has 0 aromatic heterocycles. The molecule has 0 amide bonds. The van der Waals surface area contributed by atoms with Gasteiger partial charge in [-0.05, 0) is 26.8 Å². The average Bonchev–Trinajstić information content (AvgIpc) is 2.37. The summed E-state index contributed by atoms with van der Waals surface area (Å²) in [4.78, 5) is 0. The van der Waals surface area contributed by atoms with Gasteiger partial charge in [0.1, 0.15) is 0 Å². The Kier molecular flexibility index (Phi) is 13.2. The van der Waals surface area contributed by atoms with Crippen LogP contribution in [0.3, 0.4) is 0 Å². The van der Waals surface area contributed by atoms with Gasteiger partial charge in [0.25, 0.3) is 0 Å². The van der Waals surface area contributed by atoms with Crippen molar-refractivity contribution in [2.75, 3.05) is 19.8 Å². The van der Waals surface area contributed by atoms with Crippen LogP contribution in [0.4, 0.5) is 0 Å². The molecule has 0 heterocycles. The van der Waals surface area contributed by atoms with E-state index in [0.29, 0.717) is 19.3 Å². The van der Waals surface area contributed by atoms with Gasteiger partial charge in [0.15, 0.2) is 6.29 Å². The molecular weight excluding hydrogens is 226 g/mol. The lowest BCUT2D eigenvalue weighted by atomic mass is 10.1. The minimum Gasteiger partial charge on any atom is -0.351 e. The van der Waals surface area contributed by atoms with Gasteiger partial charge in [-0.15, -0.1) is 0 Å². The van der Waals surface area contributed by atoms with Crippen LogP contribution in [0.25, 0.3) is 0 Å². The Balaban J connectivity index is 3.98. The predicted molar refractivity (Wildman–Crippen MR) is 77.9 cm³/mol. The molecule has 3 heteroatoms. The molecule has 0 radical (unpaired) electrons. The molecule has 0 spiro atoms. The molecule has 0 aliphatic heterocycles. The SMILES string of the molecule is CCCCCCCC(NCC)C(OCC)OCC. The van der Waals surface area contributed by atoms with Crippen molar-refractivity contribution < 1.29 is 9.47 Å². The van der Waals surface area contributed by atoms with E-state index in [0.717, 1.165) is 13.0 Å². The molecule has 0 aliphatic rings. The smallest absolute Gasteiger partial charge is 0.172 e. The van der Waals surface area contributed by atoms with Crippen LogP contribution >= 0.6 is 0 Å². The van der Waals surface area contributed by atoms with E-state index in [-0.39, 0.29) is 6.29 Å². The van der Waals surface area contributed by atoms with Gasteiger partial charge in [0.2, 0.25) is 0 Å². The van der Waals surface area contributed by atoms with E-state index in [4.69, 9.17) is 9.47 Å². The normalized spacial score (nSPS) is 13.2. The summed E-state index contributed by atoms with van der Waals surface area (Å²) in [5, 5.41) is 3.49. The first-order chi connectivity index (χ1) is 8.79. The molecule has 0 aliphatic carbocycles. The summed E-state index contributed by atoms with van der Waals surface area (Å²) in [5.74, 6) is 0. The van der Waals surface area contributed by atoms with E-state index in [2.05, 4.69) is 19.2 Å². The fraction of sp³-hybridized carbons (Fsp3) is 1.00. The molecule has 1 atom stereocenters. The second-order valence-corrected chi connectivity index (χ2v) is 4.65. The molecule has 0 bridgehead atoms. The van der Waals surface area contributed by atoms with Crippen LogP contribution in [-0.2, 0) is 9.47 Å². The van der Waals surface area contributed by atoms with Crippen LogP contribution in [0.5, 0.6) is 0 Å². The van der Waals surface area contributed by atoms with Gasteiger partial charge in [-0.1, -0.05) is 46.0 Å². The van der Waals surface area contributed by atoms with E-state index in [1.807, 2.05) is 13.8 Å². The largest absolute Gasteiger partial charge is 0.351 e. The maximum atomic E-state index is 5.69. The van der Waals surface area contributed by atoms with Gasteiger partial charge in [-0.25, -0.2) is 0 Å². The molecule has 0 fully saturated rings. The van der Waals surface area contributed by atoms with Crippen molar-refractivity contribution in [2.24, 2.45) is 0 Å².